The number of benzene rings is 4. The first-order valence-corrected chi connectivity index (χ1v) is 48.9. The maximum absolute atomic E-state index is 15.0. The molecule has 4 aromatic carbocycles. The van der Waals surface area contributed by atoms with Gasteiger partial charge in [-0.15, -0.1) is 0 Å². The molecule has 0 unspecified atom stereocenters. The number of nitrogens with one attached hydrogen (secondary N) is 22. The number of nitrogens with two attached hydrogens (primary N) is 6. The van der Waals surface area contributed by atoms with Crippen molar-refractivity contribution in [2.24, 2.45) is 46.2 Å². The van der Waals surface area contributed by atoms with Gasteiger partial charge in [0, 0.05) is 86.5 Å². The summed E-state index contributed by atoms with van der Waals surface area (Å²) in [4.78, 5) is 216. The van der Waals surface area contributed by atoms with Gasteiger partial charge < -0.3 is 175 Å². The number of fused-ring (bicyclic) bond motifs is 6. The monoisotopic (exact) mass is 2090 g/mol. The normalized spacial score (nSPS) is 15.6. The number of nitrogens with zero attached hydrogens (tertiary/aromatic N) is 1. The molecule has 0 aromatic heterocycles. The molecular weight excluding hydrogens is 1950 g/mol. The summed E-state index contributed by atoms with van der Waals surface area (Å²) >= 11 is 5.94. The van der Waals surface area contributed by atoms with Crippen LogP contribution >= 0.6 is 12.2 Å². The van der Waals surface area contributed by atoms with Crippen LogP contribution in [0.3, 0.4) is 0 Å². The predicted octanol–water partition coefficient (Wildman–Crippen LogP) is -4.96. The van der Waals surface area contributed by atoms with Crippen LogP contribution in [-0.2, 0) is 83.9 Å². The van der Waals surface area contributed by atoms with Crippen molar-refractivity contribution in [2.45, 2.75) is 240 Å². The van der Waals surface area contributed by atoms with Gasteiger partial charge in [0.2, 0.25) is 70.9 Å². The largest absolute Gasteiger partial charge is 0.508 e. The Balaban J connectivity index is 1.08. The van der Waals surface area contributed by atoms with Crippen LogP contribution in [0.2, 0.25) is 0 Å². The van der Waals surface area contributed by atoms with Gasteiger partial charge >= 0.3 is 17.9 Å². The number of aromatic hydroxyl groups is 3. The number of hydrogen-bond donors (Lipinski definition) is 35. The van der Waals surface area contributed by atoms with Crippen LogP contribution < -0.4 is 130 Å². The topological polar surface area (TPSA) is 899 Å². The van der Waals surface area contributed by atoms with Gasteiger partial charge in [0.25, 0.3) is 0 Å². The highest BCUT2D eigenvalue weighted by molar-refractivity contribution is 7.80. The van der Waals surface area contributed by atoms with E-state index in [1.54, 1.807) is 39.8 Å². The fourth-order valence-electron chi connectivity index (χ4n) is 16.7. The molecule has 53 nitrogen and oxygen atoms in total. The third-order valence-electron chi connectivity index (χ3n) is 24.5. The SMILES string of the molecule is CC[C@H](C)[C@H](NC(=O)[C@H](CCC(=O)O)NC(=O)[C@H](CCCNC(=N)N)NC(=O)[C@H](CCCNC(=N)N)NC(=O)[C@H](CCCCN)NC(=S)c1ccc2c(c1)C(=O)OC21c2ccc(O)cc2Oc2cc(O)ccc21)C(=O)N[C@@H](CC(C)C)C(=O)N[C@@H](CO)C(=O)N[C@@H](CCCNC(=N)N)C(=O)N[C@@H](CCCNC(=N)N)C(=O)N1CCC[C@H]1C(=O)N[C@@H](CO)C(=O)N[C@@H](Cc1ccc(O)cc1)C(=O)N[C@@H](CCCNC(=N)N)C(=O)O. The fourth-order valence-corrected chi connectivity index (χ4v) is 17.0. The Morgan fingerprint density at radius 2 is 0.838 bits per heavy atom. The smallest absolute Gasteiger partial charge is 0.340 e. The molecular formula is C94H139N29O24S. The van der Waals surface area contributed by atoms with Gasteiger partial charge in [-0.25, -0.2) is 9.59 Å². The zero-order chi connectivity index (χ0) is 109. The maximum atomic E-state index is 15.0. The molecule has 12 amide bonds. The van der Waals surface area contributed by atoms with Gasteiger partial charge in [0.05, 0.1) is 18.8 Å². The third kappa shape index (κ3) is 36.2. The van der Waals surface area contributed by atoms with Crippen LogP contribution in [0.1, 0.15) is 188 Å². The van der Waals surface area contributed by atoms with E-state index < -0.39 is 235 Å². The van der Waals surface area contributed by atoms with Gasteiger partial charge in [-0.3, -0.25) is 89.4 Å². The number of phenolic OH excluding ortho intramolecular Hbond substituents is 3. The van der Waals surface area contributed by atoms with Crippen LogP contribution in [-0.4, -0.2) is 302 Å². The Morgan fingerprint density at radius 3 is 1.29 bits per heavy atom. The van der Waals surface area contributed by atoms with Crippen LogP contribution in [0.5, 0.6) is 28.7 Å². The number of carboxylic acids is 2. The number of ether oxygens (including phenoxy) is 2. The molecule has 3 aliphatic heterocycles. The number of aliphatic carboxylic acids is 2. The Morgan fingerprint density at radius 1 is 0.453 bits per heavy atom. The number of hydrogen-bond acceptors (Lipinski definition) is 29. The van der Waals surface area contributed by atoms with Gasteiger partial charge in [0.1, 0.15) is 112 Å². The van der Waals surface area contributed by atoms with Crippen molar-refractivity contribution in [3.05, 3.63) is 112 Å². The Hall–Kier alpha value is -15.7. The summed E-state index contributed by atoms with van der Waals surface area (Å²) in [6, 6.07) is -2.29. The molecule has 41 N–H and O–H groups in total. The number of carbonyl (C=O) groups excluding carboxylic acids is 13. The summed E-state index contributed by atoms with van der Waals surface area (Å²) in [7, 11) is 0. The molecule has 0 radical (unpaired) electrons. The van der Waals surface area contributed by atoms with Crippen LogP contribution in [0, 0.1) is 38.9 Å². The highest BCUT2D eigenvalue weighted by atomic mass is 32.1. The summed E-state index contributed by atoms with van der Waals surface area (Å²) in [5.41, 5.74) is 33.7. The second-order valence-corrected chi connectivity index (χ2v) is 36.7. The minimum atomic E-state index is -1.93. The second-order valence-electron chi connectivity index (χ2n) is 36.3. The van der Waals surface area contributed by atoms with Crippen molar-refractivity contribution in [3.8, 4) is 28.7 Å². The summed E-state index contributed by atoms with van der Waals surface area (Å²) in [6.45, 7) is 4.24. The molecule has 4 aromatic rings. The average Bonchev–Trinajstić information content (AvgIpc) is 1.52. The molecule has 1 spiro atoms. The lowest BCUT2D eigenvalue weighted by atomic mass is 9.77. The van der Waals surface area contributed by atoms with Crippen molar-refractivity contribution in [3.63, 3.8) is 0 Å². The van der Waals surface area contributed by atoms with E-state index in [1.165, 1.54) is 66.7 Å². The minimum Gasteiger partial charge on any atom is -0.508 e. The number of aliphatic hydroxyl groups is 2. The quantitative estimate of drug-likeness (QED) is 0.00647. The van der Waals surface area contributed by atoms with Crippen molar-refractivity contribution in [2.75, 3.05) is 59.0 Å². The molecule has 54 heteroatoms. The number of rotatable bonds is 61. The lowest BCUT2D eigenvalue weighted by molar-refractivity contribution is -0.143. The molecule has 7 rings (SSSR count). The summed E-state index contributed by atoms with van der Waals surface area (Å²) in [5.74, 6) is -19.7. The number of thiocarbonyl (C=S) groups is 1. The highest BCUT2D eigenvalue weighted by Gasteiger charge is 2.54. The van der Waals surface area contributed by atoms with Crippen LogP contribution in [0.15, 0.2) is 78.9 Å². The zero-order valence-electron chi connectivity index (χ0n) is 82.6. The number of phenols is 3. The number of likely N-dealkylation sites (tertiary alicyclic amines) is 1. The number of guanidine groups is 5. The van der Waals surface area contributed by atoms with Crippen LogP contribution in [0.25, 0.3) is 0 Å². The number of aliphatic hydroxyl groups excluding tert-OH is 2. The van der Waals surface area contributed by atoms with Crippen LogP contribution in [0.4, 0.5) is 0 Å². The van der Waals surface area contributed by atoms with E-state index in [4.69, 9.17) is 83.1 Å². The van der Waals surface area contributed by atoms with E-state index in [2.05, 4.69) is 90.4 Å². The van der Waals surface area contributed by atoms with E-state index >= 15 is 0 Å². The Kier molecular flexibility index (Phi) is 47.0. The Bertz CT molecular complexity index is 5380. The molecule has 1 saturated heterocycles. The maximum Gasteiger partial charge on any atom is 0.340 e. The minimum absolute atomic E-state index is 0.00470. The van der Waals surface area contributed by atoms with E-state index in [-0.39, 0.29) is 199 Å². The molecule has 148 heavy (non-hydrogen) atoms. The zero-order valence-corrected chi connectivity index (χ0v) is 83.4. The second kappa shape index (κ2) is 58.4. The van der Waals surface area contributed by atoms with Gasteiger partial charge in [-0.2, -0.15) is 0 Å². The van der Waals surface area contributed by atoms with Crippen molar-refractivity contribution >= 4 is 136 Å². The number of carboxylic acid groups (broad SMARTS) is 2. The highest BCUT2D eigenvalue weighted by Crippen LogP contribution is 2.57. The number of unbranched alkanes of at least 4 members (excludes halogenated alkanes) is 1. The van der Waals surface area contributed by atoms with E-state index in [9.17, 15) is 108 Å². The summed E-state index contributed by atoms with van der Waals surface area (Å²) in [5, 5.41) is 155. The van der Waals surface area contributed by atoms with Gasteiger partial charge in [0.15, 0.2) is 35.4 Å². The first kappa shape index (κ1) is 119. The van der Waals surface area contributed by atoms with E-state index in [1.807, 2.05) is 0 Å². The molecule has 14 atom stereocenters. The number of esters is 1. The number of amides is 12. The average molecular weight is 2090 g/mol. The fraction of sp³-hybridized carbons (Fsp3) is 0.521. The number of carbonyl (C=O) groups is 15. The molecule has 3 heterocycles. The predicted molar refractivity (Wildman–Crippen MR) is 541 cm³/mol. The van der Waals surface area contributed by atoms with E-state index in [0.717, 1.165) is 4.90 Å². The summed E-state index contributed by atoms with van der Waals surface area (Å²) < 4.78 is 12.3. The van der Waals surface area contributed by atoms with Crippen molar-refractivity contribution in [1.29, 1.82) is 27.0 Å². The molecule has 810 valence electrons. The van der Waals surface area contributed by atoms with Gasteiger partial charge in [-0.05, 0) is 176 Å². The van der Waals surface area contributed by atoms with Crippen molar-refractivity contribution in [1.82, 2.24) is 95.3 Å². The lowest BCUT2D eigenvalue weighted by Gasteiger charge is -2.36. The first-order valence-electron chi connectivity index (χ1n) is 48.4. The third-order valence-corrected chi connectivity index (χ3v) is 24.9. The lowest BCUT2D eigenvalue weighted by Crippen LogP contribution is -2.62. The van der Waals surface area contributed by atoms with Crippen molar-refractivity contribution < 1.29 is 117 Å². The van der Waals surface area contributed by atoms with Gasteiger partial charge in [-0.1, -0.05) is 70.6 Å². The standard InChI is InChI=1S/C94H139N29O24S/c1-5-48(4)73(122-78(135)62(31-32-72(129)130)114-75(132)59(16-9-35-107-90(98)99)111-74(131)58(15-8-34-106-89(96)97)112-77(134)61(14-6-7-33-95)121-85(148)50-23-28-55-54(42-50)88(145)147-94(55)56-29-26-52(127)43-70(56)146-71-44-53(128)27-30-57(71)94)84(141)118-65(40-47(2)3)79(136)119-67(45-124)81(138)113-60(17-10-36-108-91(100)101)76(133)115-63(18-11-37-109-92(102)103)86(142)123-39-13-20-69(123)83(140)120-68(46-125)82(139)117-66(41-49-21-24-51(126)25-22-49)80(137)116-64(87(143)144)19-12-38-110-93(104)105/h21-30,42-44,47-48,58-69,73,124-128H,5-20,31-41,45-46,95H2,1-4H3,(H,111,131)(H,112,134)(H,113,138)(H,114,132)(H,115,133)(H,116,137)(H,117,139)(H,118,141)(H,119,136)(H,120,140)(H,121,148)(H,122,135)(H,129,130)(H,143,144)(H4,96,97,106)(H4,98,99,107)(H4,100,101,108)(H4,102,103,109)(H4,104,105,110)/t48-,58-,59-,60-,61-,62-,63-,64-,65-,66-,67-,68-,69-,73-/m0/s1. The molecule has 0 saturated carbocycles. The molecule has 0 bridgehead atoms. The Labute approximate surface area is 857 Å². The van der Waals surface area contributed by atoms with E-state index in [0.29, 0.717) is 35.1 Å². The molecule has 1 fully saturated rings. The molecule has 3 aliphatic rings. The first-order chi connectivity index (χ1) is 70.2. The summed E-state index contributed by atoms with van der Waals surface area (Å²) in [6.07, 6.45) is -1.92. The molecule has 0 aliphatic carbocycles.